The van der Waals surface area contributed by atoms with Crippen LogP contribution in [0.25, 0.3) is 10.8 Å². The molecule has 0 aliphatic carbocycles. The lowest BCUT2D eigenvalue weighted by Gasteiger charge is -2.39. The maximum absolute atomic E-state index is 13.1. The van der Waals surface area contributed by atoms with Gasteiger partial charge < -0.3 is 33.3 Å². The van der Waals surface area contributed by atoms with Gasteiger partial charge in [-0.15, -0.1) is 0 Å². The van der Waals surface area contributed by atoms with E-state index >= 15 is 0 Å². The van der Waals surface area contributed by atoms with Crippen molar-refractivity contribution in [3.63, 3.8) is 0 Å². The minimum absolute atomic E-state index is 0.0927. The monoisotopic (exact) mass is 727 g/mol. The first-order valence-corrected chi connectivity index (χ1v) is 22.3. The van der Waals surface area contributed by atoms with Crippen LogP contribution in [0.2, 0.25) is 25.7 Å². The molecule has 2 atom stereocenters. The topological polar surface area (TPSA) is 75.7 Å². The number of benzene rings is 4. The van der Waals surface area contributed by atoms with E-state index in [0.717, 1.165) is 52.3 Å². The number of nitrogens with zero attached hydrogens (tertiary/aromatic N) is 1. The van der Waals surface area contributed by atoms with Crippen LogP contribution in [0.1, 0.15) is 56.2 Å². The molecule has 9 heteroatoms. The molecule has 0 spiro atoms. The van der Waals surface area contributed by atoms with Gasteiger partial charge >= 0.3 is 6.09 Å². The SMILES string of the molecule is CC(C)(C)OC(=O)N1CCC(c2ccc(OCCCOCc3ccccc3)cc2)C(OCc2cc(OCOCC[Si](C)(C)C)c3ccccc3c2)C1. The first kappa shape index (κ1) is 39.3. The number of fused-ring (bicyclic) bond motifs is 1. The standard InChI is InChI=1S/C43H57NO7Si/c1-43(2,3)51-42(45)44-22-21-39(35-17-19-37(20-18-35)48-24-12-23-46-30-33-13-8-7-9-14-33)41(29-44)49-31-34-27-36-15-10-11-16-38(36)40(28-34)50-32-47-25-26-52(4,5)6/h7-11,13-20,27-28,39,41H,12,21-26,29-32H2,1-6H3. The van der Waals surface area contributed by atoms with Gasteiger partial charge in [0.15, 0.2) is 6.79 Å². The first-order valence-electron chi connectivity index (χ1n) is 18.6. The third-order valence-electron chi connectivity index (χ3n) is 8.97. The summed E-state index contributed by atoms with van der Waals surface area (Å²) in [6, 6.07) is 32.0. The van der Waals surface area contributed by atoms with Crippen LogP contribution >= 0.6 is 0 Å². The van der Waals surface area contributed by atoms with E-state index in [-0.39, 0.29) is 24.9 Å². The van der Waals surface area contributed by atoms with E-state index in [2.05, 4.69) is 62.1 Å². The summed E-state index contributed by atoms with van der Waals surface area (Å²) in [4.78, 5) is 14.9. The number of rotatable bonds is 17. The Balaban J connectivity index is 1.22. The Bertz CT molecular complexity index is 1680. The number of likely N-dealkylation sites (tertiary alicyclic amines) is 1. The smallest absolute Gasteiger partial charge is 0.410 e. The van der Waals surface area contributed by atoms with E-state index in [0.29, 0.717) is 46.1 Å². The fraction of sp³-hybridized carbons (Fsp3) is 0.465. The summed E-state index contributed by atoms with van der Waals surface area (Å²) in [6.45, 7) is 16.8. The molecular formula is C43H57NO7Si. The van der Waals surface area contributed by atoms with Crippen molar-refractivity contribution in [1.29, 1.82) is 0 Å². The van der Waals surface area contributed by atoms with Crippen molar-refractivity contribution in [3.05, 3.63) is 108 Å². The van der Waals surface area contributed by atoms with Crippen LogP contribution in [0.5, 0.6) is 11.5 Å². The summed E-state index contributed by atoms with van der Waals surface area (Å²) < 4.78 is 36.3. The highest BCUT2D eigenvalue weighted by atomic mass is 28.3. The highest BCUT2D eigenvalue weighted by Crippen LogP contribution is 2.34. The number of carbonyl (C=O) groups excluding carboxylic acids is 1. The molecule has 1 aliphatic heterocycles. The quantitative estimate of drug-likeness (QED) is 0.0609. The number of ether oxygens (including phenoxy) is 6. The van der Waals surface area contributed by atoms with Gasteiger partial charge in [0, 0.05) is 39.0 Å². The predicted octanol–water partition coefficient (Wildman–Crippen LogP) is 9.83. The number of hydrogen-bond acceptors (Lipinski definition) is 7. The molecular weight excluding hydrogens is 671 g/mol. The summed E-state index contributed by atoms with van der Waals surface area (Å²) in [5.74, 6) is 1.69. The Morgan fingerprint density at radius 3 is 2.31 bits per heavy atom. The van der Waals surface area contributed by atoms with E-state index in [4.69, 9.17) is 28.4 Å². The minimum atomic E-state index is -1.18. The van der Waals surface area contributed by atoms with E-state index in [1.165, 1.54) is 5.56 Å². The fourth-order valence-corrected chi connectivity index (χ4v) is 6.93. The molecule has 2 unspecified atom stereocenters. The maximum atomic E-state index is 13.1. The number of carbonyl (C=O) groups is 1. The third kappa shape index (κ3) is 12.7. The van der Waals surface area contributed by atoms with Crippen LogP contribution in [-0.4, -0.2) is 70.5 Å². The van der Waals surface area contributed by atoms with Crippen molar-refractivity contribution < 1.29 is 33.2 Å². The predicted molar refractivity (Wildman–Crippen MR) is 210 cm³/mol. The van der Waals surface area contributed by atoms with Crippen LogP contribution in [0.4, 0.5) is 4.79 Å². The molecule has 0 aromatic heterocycles. The Kier molecular flexibility index (Phi) is 14.2. The van der Waals surface area contributed by atoms with Gasteiger partial charge in [0.05, 0.1) is 39.1 Å². The Morgan fingerprint density at radius 1 is 0.808 bits per heavy atom. The first-order chi connectivity index (χ1) is 24.9. The molecule has 1 heterocycles. The van der Waals surface area contributed by atoms with E-state index in [1.807, 2.05) is 69.3 Å². The Morgan fingerprint density at radius 2 is 1.56 bits per heavy atom. The molecule has 1 aliphatic rings. The number of hydrogen-bond donors (Lipinski definition) is 0. The number of piperidine rings is 1. The molecule has 1 saturated heterocycles. The van der Waals surface area contributed by atoms with Crippen LogP contribution in [-0.2, 0) is 32.2 Å². The van der Waals surface area contributed by atoms with Crippen LogP contribution in [0.15, 0.2) is 91.0 Å². The zero-order valence-corrected chi connectivity index (χ0v) is 32.9. The fourth-order valence-electron chi connectivity index (χ4n) is 6.17. The molecule has 0 bridgehead atoms. The van der Waals surface area contributed by atoms with Crippen molar-refractivity contribution in [2.24, 2.45) is 0 Å². The van der Waals surface area contributed by atoms with Gasteiger partial charge in [0.2, 0.25) is 0 Å². The molecule has 280 valence electrons. The normalized spacial score (nSPS) is 16.5. The van der Waals surface area contributed by atoms with Crippen LogP contribution in [0.3, 0.4) is 0 Å². The van der Waals surface area contributed by atoms with Gasteiger partial charge in [-0.25, -0.2) is 4.79 Å². The molecule has 1 amide bonds. The zero-order chi connectivity index (χ0) is 37.0. The van der Waals surface area contributed by atoms with Crippen molar-refractivity contribution in [1.82, 2.24) is 4.90 Å². The zero-order valence-electron chi connectivity index (χ0n) is 31.9. The van der Waals surface area contributed by atoms with Gasteiger partial charge in [0.1, 0.15) is 17.1 Å². The summed E-state index contributed by atoms with van der Waals surface area (Å²) in [6.07, 6.45) is 1.01. The second-order valence-electron chi connectivity index (χ2n) is 15.8. The Hall–Kier alpha value is -3.89. The van der Waals surface area contributed by atoms with Crippen LogP contribution in [0, 0.1) is 0 Å². The molecule has 4 aromatic carbocycles. The second kappa shape index (κ2) is 18.7. The summed E-state index contributed by atoms with van der Waals surface area (Å²) in [7, 11) is -1.18. The maximum Gasteiger partial charge on any atom is 0.410 e. The highest BCUT2D eigenvalue weighted by molar-refractivity contribution is 6.76. The largest absolute Gasteiger partial charge is 0.494 e. The van der Waals surface area contributed by atoms with Gasteiger partial charge in [-0.05, 0) is 79.6 Å². The molecule has 52 heavy (non-hydrogen) atoms. The lowest BCUT2D eigenvalue weighted by molar-refractivity contribution is -0.0360. The van der Waals surface area contributed by atoms with E-state index in [9.17, 15) is 4.79 Å². The van der Waals surface area contributed by atoms with Gasteiger partial charge in [-0.3, -0.25) is 0 Å². The molecule has 8 nitrogen and oxygen atoms in total. The molecule has 0 radical (unpaired) electrons. The number of amides is 1. The molecule has 0 saturated carbocycles. The van der Waals surface area contributed by atoms with Crippen molar-refractivity contribution in [3.8, 4) is 11.5 Å². The van der Waals surface area contributed by atoms with Crippen molar-refractivity contribution in [2.75, 3.05) is 39.7 Å². The summed E-state index contributed by atoms with van der Waals surface area (Å²) in [5, 5.41) is 2.11. The average Bonchev–Trinajstić information content (AvgIpc) is 3.11. The molecule has 4 aromatic rings. The summed E-state index contributed by atoms with van der Waals surface area (Å²) in [5.41, 5.74) is 2.75. The van der Waals surface area contributed by atoms with E-state index < -0.39 is 13.7 Å². The molecule has 5 rings (SSSR count). The minimum Gasteiger partial charge on any atom is -0.494 e. The summed E-state index contributed by atoms with van der Waals surface area (Å²) >= 11 is 0. The van der Waals surface area contributed by atoms with Crippen molar-refractivity contribution in [2.45, 2.75) is 90.1 Å². The van der Waals surface area contributed by atoms with Gasteiger partial charge in [0.25, 0.3) is 0 Å². The molecule has 1 fully saturated rings. The lowest BCUT2D eigenvalue weighted by atomic mass is 9.87. The third-order valence-corrected chi connectivity index (χ3v) is 10.7. The van der Waals surface area contributed by atoms with Gasteiger partial charge in [-0.1, -0.05) is 86.4 Å². The molecule has 0 N–H and O–H groups in total. The second-order valence-corrected chi connectivity index (χ2v) is 21.4. The van der Waals surface area contributed by atoms with E-state index in [1.54, 1.807) is 4.90 Å². The highest BCUT2D eigenvalue weighted by Gasteiger charge is 2.35. The van der Waals surface area contributed by atoms with Crippen LogP contribution < -0.4 is 9.47 Å². The Labute approximate surface area is 311 Å². The lowest BCUT2D eigenvalue weighted by Crippen LogP contribution is -2.48. The average molecular weight is 728 g/mol. The van der Waals surface area contributed by atoms with Gasteiger partial charge in [-0.2, -0.15) is 0 Å². The van der Waals surface area contributed by atoms with Crippen molar-refractivity contribution >= 4 is 24.9 Å².